The number of hydrogen-bond donors (Lipinski definition) is 0. The van der Waals surface area contributed by atoms with E-state index in [0.717, 1.165) is 105 Å². The molecule has 4 aromatic heterocycles. The van der Waals surface area contributed by atoms with Gasteiger partial charge in [-0.2, -0.15) is 0 Å². The van der Waals surface area contributed by atoms with Crippen LogP contribution in [0, 0.1) is 0 Å². The van der Waals surface area contributed by atoms with Crippen molar-refractivity contribution in [2.24, 2.45) is 0 Å². The van der Waals surface area contributed by atoms with Gasteiger partial charge in [0.25, 0.3) is 0 Å². The lowest BCUT2D eigenvalue weighted by Gasteiger charge is -2.10. The van der Waals surface area contributed by atoms with Gasteiger partial charge in [-0.1, -0.05) is 194 Å². The van der Waals surface area contributed by atoms with Gasteiger partial charge < -0.3 is 8.83 Å². The maximum atomic E-state index is 7.13. The molecule has 62 heavy (non-hydrogen) atoms. The molecule has 0 fully saturated rings. The molecule has 6 heteroatoms. The lowest BCUT2D eigenvalue weighted by molar-refractivity contribution is 0.632. The minimum atomic E-state index is 0.619. The van der Waals surface area contributed by atoms with E-state index in [1.54, 1.807) is 0 Å². The summed E-state index contributed by atoms with van der Waals surface area (Å²) >= 11 is 0. The van der Waals surface area contributed by atoms with Crippen molar-refractivity contribution in [1.29, 1.82) is 0 Å². The Bertz CT molecular complexity index is 3540. The number of hydrogen-bond acceptors (Lipinski definition) is 6. The van der Waals surface area contributed by atoms with Gasteiger partial charge in [0.15, 0.2) is 23.1 Å². The van der Waals surface area contributed by atoms with Crippen LogP contribution in [-0.2, 0) is 0 Å². The summed E-state index contributed by atoms with van der Waals surface area (Å²) in [6.45, 7) is 0. The third kappa shape index (κ3) is 6.04. The van der Waals surface area contributed by atoms with E-state index in [4.69, 9.17) is 28.8 Å². The van der Waals surface area contributed by atoms with Crippen LogP contribution in [0.25, 0.3) is 123 Å². The number of furan rings is 2. The van der Waals surface area contributed by atoms with E-state index >= 15 is 0 Å². The monoisotopic (exact) mass is 794 g/mol. The van der Waals surface area contributed by atoms with Crippen molar-refractivity contribution >= 4 is 43.8 Å². The van der Waals surface area contributed by atoms with Gasteiger partial charge in [0.05, 0.1) is 5.52 Å². The molecule has 0 N–H and O–H groups in total. The van der Waals surface area contributed by atoms with Crippen LogP contribution in [0.1, 0.15) is 0 Å². The number of nitrogens with zero attached hydrogens (tertiary/aromatic N) is 4. The first-order valence-corrected chi connectivity index (χ1v) is 20.6. The first-order valence-electron chi connectivity index (χ1n) is 20.6. The third-order valence-corrected chi connectivity index (χ3v) is 11.6. The molecule has 12 aromatic rings. The zero-order valence-corrected chi connectivity index (χ0v) is 33.2. The van der Waals surface area contributed by atoms with Gasteiger partial charge >= 0.3 is 0 Å². The highest BCUT2D eigenvalue weighted by atomic mass is 16.3. The molecule has 0 unspecified atom stereocenters. The lowest BCUT2D eigenvalue weighted by atomic mass is 9.93. The van der Waals surface area contributed by atoms with E-state index in [1.807, 2.05) is 97.1 Å². The molecule has 290 valence electrons. The minimum absolute atomic E-state index is 0.619. The first kappa shape index (κ1) is 35.5. The Morgan fingerprint density at radius 1 is 0.306 bits per heavy atom. The number of fused-ring (bicyclic) bond motifs is 6. The van der Waals surface area contributed by atoms with Crippen molar-refractivity contribution in [3.8, 4) is 79.0 Å². The first-order chi connectivity index (χ1) is 30.7. The number of para-hydroxylation sites is 3. The minimum Gasteiger partial charge on any atom is -0.455 e. The van der Waals surface area contributed by atoms with Crippen molar-refractivity contribution < 1.29 is 8.83 Å². The van der Waals surface area contributed by atoms with Gasteiger partial charge in [0, 0.05) is 60.5 Å². The molecule has 0 aliphatic heterocycles. The highest BCUT2D eigenvalue weighted by Gasteiger charge is 2.26. The second kappa shape index (κ2) is 14.7. The van der Waals surface area contributed by atoms with Crippen LogP contribution in [0.5, 0.6) is 0 Å². The maximum Gasteiger partial charge on any atom is 0.164 e. The van der Waals surface area contributed by atoms with Gasteiger partial charge in [-0.3, -0.25) is 0 Å². The zero-order valence-electron chi connectivity index (χ0n) is 33.2. The lowest BCUT2D eigenvalue weighted by Crippen LogP contribution is -2.00. The van der Waals surface area contributed by atoms with Gasteiger partial charge in [-0.25, -0.2) is 19.9 Å². The fraction of sp³-hybridized carbons (Fsp3) is 0. The SMILES string of the molecule is c1ccc(-c2nc(-c3ccccc3)nc(-c3ccc(-c4ccc(-c5oc6c(-c7ccccc7)nc7ccccc7c6c5-c5cccc6c5oc5ccccc56)cc4)cc3)n2)cc1. The van der Waals surface area contributed by atoms with Crippen LogP contribution in [0.3, 0.4) is 0 Å². The molecule has 0 amide bonds. The average Bonchev–Trinajstić information content (AvgIpc) is 3.95. The predicted octanol–water partition coefficient (Wildman–Crippen LogP) is 14.7. The second-order valence-electron chi connectivity index (χ2n) is 15.3. The van der Waals surface area contributed by atoms with Crippen molar-refractivity contribution in [2.45, 2.75) is 0 Å². The van der Waals surface area contributed by atoms with E-state index in [2.05, 4.69) is 109 Å². The predicted molar refractivity (Wildman–Crippen MR) is 250 cm³/mol. The Balaban J connectivity index is 0.990. The van der Waals surface area contributed by atoms with E-state index < -0.39 is 0 Å². The number of rotatable bonds is 7. The molecular weight excluding hydrogens is 761 g/mol. The van der Waals surface area contributed by atoms with Crippen molar-refractivity contribution in [3.63, 3.8) is 0 Å². The van der Waals surface area contributed by atoms with Crippen LogP contribution in [-0.4, -0.2) is 19.9 Å². The topological polar surface area (TPSA) is 77.8 Å². The number of aromatic nitrogens is 4. The Morgan fingerprint density at radius 2 is 0.790 bits per heavy atom. The van der Waals surface area contributed by atoms with Crippen molar-refractivity contribution in [1.82, 2.24) is 19.9 Å². The molecule has 4 heterocycles. The normalized spacial score (nSPS) is 11.5. The van der Waals surface area contributed by atoms with E-state index in [9.17, 15) is 0 Å². The molecule has 0 atom stereocenters. The third-order valence-electron chi connectivity index (χ3n) is 11.6. The molecule has 0 saturated carbocycles. The van der Waals surface area contributed by atoms with Gasteiger partial charge in [-0.15, -0.1) is 0 Å². The van der Waals surface area contributed by atoms with E-state index in [1.165, 1.54) is 0 Å². The summed E-state index contributed by atoms with van der Waals surface area (Å²) in [5.74, 6) is 2.64. The number of benzene rings is 8. The maximum absolute atomic E-state index is 7.13. The second-order valence-corrected chi connectivity index (χ2v) is 15.3. The van der Waals surface area contributed by atoms with Gasteiger partial charge in [0.2, 0.25) is 0 Å². The van der Waals surface area contributed by atoms with Gasteiger partial charge in [-0.05, 0) is 23.3 Å². The highest BCUT2D eigenvalue weighted by molar-refractivity contribution is 6.21. The molecule has 8 aromatic carbocycles. The molecule has 0 saturated heterocycles. The van der Waals surface area contributed by atoms with Crippen molar-refractivity contribution in [2.75, 3.05) is 0 Å². The van der Waals surface area contributed by atoms with Crippen LogP contribution >= 0.6 is 0 Å². The molecule has 6 nitrogen and oxygen atoms in total. The van der Waals surface area contributed by atoms with Crippen LogP contribution in [0.4, 0.5) is 0 Å². The van der Waals surface area contributed by atoms with E-state index in [0.29, 0.717) is 17.5 Å². The fourth-order valence-electron chi connectivity index (χ4n) is 8.57. The Labute approximate surface area is 356 Å². The molecule has 0 aliphatic rings. The summed E-state index contributed by atoms with van der Waals surface area (Å²) in [7, 11) is 0. The molecule has 12 rings (SSSR count). The Morgan fingerprint density at radius 3 is 1.42 bits per heavy atom. The highest BCUT2D eigenvalue weighted by Crippen LogP contribution is 2.49. The Hall–Kier alpha value is -8.48. The largest absolute Gasteiger partial charge is 0.455 e. The summed E-state index contributed by atoms with van der Waals surface area (Å²) in [6.07, 6.45) is 0. The van der Waals surface area contributed by atoms with Crippen LogP contribution in [0.2, 0.25) is 0 Å². The Kier molecular flexibility index (Phi) is 8.38. The summed E-state index contributed by atoms with van der Waals surface area (Å²) in [5, 5.41) is 4.15. The zero-order chi connectivity index (χ0) is 41.0. The average molecular weight is 795 g/mol. The summed E-state index contributed by atoms with van der Waals surface area (Å²) in [6, 6.07) is 70.3. The summed E-state index contributed by atoms with van der Waals surface area (Å²) in [5.41, 5.74) is 12.9. The fourth-order valence-corrected chi connectivity index (χ4v) is 8.57. The molecule has 0 bridgehead atoms. The molecular formula is C56H34N4O2. The smallest absolute Gasteiger partial charge is 0.164 e. The van der Waals surface area contributed by atoms with Crippen molar-refractivity contribution in [3.05, 3.63) is 206 Å². The molecule has 0 aliphatic carbocycles. The van der Waals surface area contributed by atoms with Crippen LogP contribution < -0.4 is 0 Å². The standard InChI is InChI=1S/C56H34N4O2/c1-4-15-37(16-5-1)50-53-48(44-22-10-12-25-46(44)57-50)49(45-24-14-23-43-42-21-11-13-26-47(42)61-52(43)45)51(62-53)38-31-27-35(28-32-38)36-29-33-41(34-30-36)56-59-54(39-17-6-2-7-18-39)58-55(60-56)40-19-8-3-9-20-40/h1-34H. The summed E-state index contributed by atoms with van der Waals surface area (Å²) in [4.78, 5) is 19.9. The van der Waals surface area contributed by atoms with E-state index in [-0.39, 0.29) is 0 Å². The molecule has 0 spiro atoms. The van der Waals surface area contributed by atoms with Crippen LogP contribution in [0.15, 0.2) is 215 Å². The summed E-state index contributed by atoms with van der Waals surface area (Å²) < 4.78 is 13.8. The number of pyridine rings is 1. The van der Waals surface area contributed by atoms with Gasteiger partial charge in [0.1, 0.15) is 22.6 Å². The molecule has 0 radical (unpaired) electrons. The quantitative estimate of drug-likeness (QED) is 0.160.